The molecule has 0 saturated carbocycles. The summed E-state index contributed by atoms with van der Waals surface area (Å²) in [7, 11) is 0. The number of fused-ring (bicyclic) bond motifs is 1. The summed E-state index contributed by atoms with van der Waals surface area (Å²) in [5.74, 6) is 0. The molecule has 0 bridgehead atoms. The number of allylic oxidation sites excluding steroid dienone is 1. The Kier molecular flexibility index (Phi) is 3.69. The second kappa shape index (κ2) is 5.79. The Morgan fingerprint density at radius 1 is 0.950 bits per heavy atom. The van der Waals surface area contributed by atoms with Crippen LogP contribution in [-0.2, 0) is 13.0 Å². The Hall–Kier alpha value is -2.28. The van der Waals surface area contributed by atoms with Crippen molar-refractivity contribution >= 4 is 17.0 Å². The van der Waals surface area contributed by atoms with Gasteiger partial charge in [0.05, 0.1) is 5.52 Å². The molecule has 0 atom stereocenters. The fourth-order valence-electron chi connectivity index (χ4n) is 2.64. The predicted octanol–water partition coefficient (Wildman–Crippen LogP) is 4.92. The number of para-hydroxylation sites is 1. The molecule has 1 aromatic heterocycles. The van der Waals surface area contributed by atoms with Gasteiger partial charge in [-0.15, -0.1) is 0 Å². The second-order valence-electron chi connectivity index (χ2n) is 4.99. The van der Waals surface area contributed by atoms with Crippen LogP contribution >= 0.6 is 0 Å². The zero-order chi connectivity index (χ0) is 13.8. The molecule has 1 nitrogen and oxygen atoms in total. The predicted molar refractivity (Wildman–Crippen MR) is 86.8 cm³/mol. The lowest BCUT2D eigenvalue weighted by Gasteiger charge is -2.06. The maximum atomic E-state index is 2.33. The van der Waals surface area contributed by atoms with Crippen molar-refractivity contribution in [2.75, 3.05) is 0 Å². The number of hydrogen-bond acceptors (Lipinski definition) is 0. The van der Waals surface area contributed by atoms with E-state index in [9.17, 15) is 0 Å². The fraction of sp³-hybridized carbons (Fsp3) is 0.158. The van der Waals surface area contributed by atoms with E-state index in [2.05, 4.69) is 78.4 Å². The molecule has 20 heavy (non-hydrogen) atoms. The van der Waals surface area contributed by atoms with Gasteiger partial charge in [-0.25, -0.2) is 0 Å². The van der Waals surface area contributed by atoms with Crippen molar-refractivity contribution in [3.05, 3.63) is 78.0 Å². The van der Waals surface area contributed by atoms with Crippen LogP contribution < -0.4 is 0 Å². The van der Waals surface area contributed by atoms with Gasteiger partial charge in [-0.05, 0) is 29.0 Å². The number of benzene rings is 2. The smallest absolute Gasteiger partial charge is 0.0515 e. The van der Waals surface area contributed by atoms with E-state index >= 15 is 0 Å². The lowest BCUT2D eigenvalue weighted by atomic mass is 10.1. The van der Waals surface area contributed by atoms with Crippen molar-refractivity contribution in [1.82, 2.24) is 4.57 Å². The highest BCUT2D eigenvalue weighted by Gasteiger charge is 2.03. The third-order valence-corrected chi connectivity index (χ3v) is 3.66. The highest BCUT2D eigenvalue weighted by Crippen LogP contribution is 2.21. The summed E-state index contributed by atoms with van der Waals surface area (Å²) in [5, 5.41) is 1.33. The van der Waals surface area contributed by atoms with E-state index in [0.717, 1.165) is 13.0 Å². The van der Waals surface area contributed by atoms with Crippen molar-refractivity contribution in [2.24, 2.45) is 0 Å². The maximum Gasteiger partial charge on any atom is 0.0515 e. The van der Waals surface area contributed by atoms with Crippen molar-refractivity contribution in [3.8, 4) is 0 Å². The van der Waals surface area contributed by atoms with E-state index in [4.69, 9.17) is 0 Å². The summed E-state index contributed by atoms with van der Waals surface area (Å²) < 4.78 is 2.33. The standard InChI is InChI=1S/C19H19N/c1-2-17-11-6-12-18-13-15-20(19(17)18)14-7-10-16-8-4-3-5-9-16/h3-13,15H,2,14H2,1H3/b10-7+. The molecule has 0 fully saturated rings. The number of aryl methyl sites for hydroxylation is 1. The molecular formula is C19H19N. The van der Waals surface area contributed by atoms with Crippen LogP contribution in [0.15, 0.2) is 66.9 Å². The average molecular weight is 261 g/mol. The topological polar surface area (TPSA) is 4.93 Å². The fourth-order valence-corrected chi connectivity index (χ4v) is 2.64. The van der Waals surface area contributed by atoms with Crippen LogP contribution in [-0.4, -0.2) is 4.57 Å². The summed E-state index contributed by atoms with van der Waals surface area (Å²) in [6.45, 7) is 3.13. The SMILES string of the molecule is CCc1cccc2ccn(C/C=C/c3ccccc3)c12. The first kappa shape index (κ1) is 12.7. The molecule has 2 aromatic carbocycles. The molecule has 3 rings (SSSR count). The minimum absolute atomic E-state index is 0.912. The third kappa shape index (κ3) is 2.53. The van der Waals surface area contributed by atoms with E-state index in [1.54, 1.807) is 0 Å². The van der Waals surface area contributed by atoms with E-state index in [1.165, 1.54) is 22.0 Å². The van der Waals surface area contributed by atoms with Gasteiger partial charge in [-0.3, -0.25) is 0 Å². The Bertz CT molecular complexity index is 720. The van der Waals surface area contributed by atoms with Crippen molar-refractivity contribution in [3.63, 3.8) is 0 Å². The minimum atomic E-state index is 0.912. The van der Waals surface area contributed by atoms with E-state index < -0.39 is 0 Å². The minimum Gasteiger partial charge on any atom is -0.343 e. The molecule has 0 N–H and O–H groups in total. The molecule has 100 valence electrons. The molecule has 0 saturated heterocycles. The van der Waals surface area contributed by atoms with Gasteiger partial charge in [0.1, 0.15) is 0 Å². The van der Waals surface area contributed by atoms with Crippen molar-refractivity contribution in [2.45, 2.75) is 19.9 Å². The first-order chi connectivity index (χ1) is 9.88. The molecule has 0 aliphatic heterocycles. The van der Waals surface area contributed by atoms with Crippen LogP contribution in [0.3, 0.4) is 0 Å². The monoisotopic (exact) mass is 261 g/mol. The van der Waals surface area contributed by atoms with Crippen LogP contribution in [0.2, 0.25) is 0 Å². The van der Waals surface area contributed by atoms with Gasteiger partial charge < -0.3 is 4.57 Å². The molecule has 3 aromatic rings. The number of rotatable bonds is 4. The summed E-state index contributed by atoms with van der Waals surface area (Å²) in [5.41, 5.74) is 4.04. The Labute approximate surface area is 120 Å². The molecular weight excluding hydrogens is 242 g/mol. The Morgan fingerprint density at radius 2 is 1.80 bits per heavy atom. The molecule has 0 spiro atoms. The Morgan fingerprint density at radius 3 is 2.60 bits per heavy atom. The molecule has 1 heterocycles. The van der Waals surface area contributed by atoms with Crippen molar-refractivity contribution < 1.29 is 0 Å². The van der Waals surface area contributed by atoms with E-state index in [-0.39, 0.29) is 0 Å². The van der Waals surface area contributed by atoms with Gasteiger partial charge in [-0.2, -0.15) is 0 Å². The molecule has 0 amide bonds. The van der Waals surface area contributed by atoms with Gasteiger partial charge in [0.25, 0.3) is 0 Å². The van der Waals surface area contributed by atoms with Gasteiger partial charge in [0, 0.05) is 12.7 Å². The highest BCUT2D eigenvalue weighted by atomic mass is 14.9. The maximum absolute atomic E-state index is 2.33. The van der Waals surface area contributed by atoms with E-state index in [0.29, 0.717) is 0 Å². The first-order valence-electron chi connectivity index (χ1n) is 7.17. The summed E-state index contributed by atoms with van der Waals surface area (Å²) >= 11 is 0. The van der Waals surface area contributed by atoms with Crippen LogP contribution in [0.1, 0.15) is 18.1 Å². The largest absolute Gasteiger partial charge is 0.343 e. The van der Waals surface area contributed by atoms with Crippen LogP contribution in [0.5, 0.6) is 0 Å². The third-order valence-electron chi connectivity index (χ3n) is 3.66. The molecule has 0 aliphatic carbocycles. The van der Waals surface area contributed by atoms with E-state index in [1.807, 2.05) is 6.07 Å². The summed E-state index contributed by atoms with van der Waals surface area (Å²) in [4.78, 5) is 0. The number of nitrogens with zero attached hydrogens (tertiary/aromatic N) is 1. The quantitative estimate of drug-likeness (QED) is 0.628. The van der Waals surface area contributed by atoms with Crippen LogP contribution in [0.4, 0.5) is 0 Å². The van der Waals surface area contributed by atoms with Crippen molar-refractivity contribution in [1.29, 1.82) is 0 Å². The number of aromatic nitrogens is 1. The second-order valence-corrected chi connectivity index (χ2v) is 4.99. The molecule has 0 unspecified atom stereocenters. The normalized spacial score (nSPS) is 11.4. The average Bonchev–Trinajstić information content (AvgIpc) is 2.92. The highest BCUT2D eigenvalue weighted by molar-refractivity contribution is 5.83. The zero-order valence-corrected chi connectivity index (χ0v) is 11.8. The lowest BCUT2D eigenvalue weighted by molar-refractivity contribution is 0.859. The Balaban J connectivity index is 1.86. The van der Waals surface area contributed by atoms with Gasteiger partial charge >= 0.3 is 0 Å². The first-order valence-corrected chi connectivity index (χ1v) is 7.17. The lowest BCUT2D eigenvalue weighted by Crippen LogP contribution is -1.95. The van der Waals surface area contributed by atoms with Gasteiger partial charge in [0.15, 0.2) is 0 Å². The molecule has 0 aliphatic rings. The van der Waals surface area contributed by atoms with Crippen LogP contribution in [0.25, 0.3) is 17.0 Å². The van der Waals surface area contributed by atoms with Crippen LogP contribution in [0, 0.1) is 0 Å². The summed E-state index contributed by atoms with van der Waals surface area (Å²) in [6, 6.07) is 19.2. The zero-order valence-electron chi connectivity index (χ0n) is 11.8. The molecule has 0 radical (unpaired) electrons. The summed E-state index contributed by atoms with van der Waals surface area (Å²) in [6.07, 6.45) is 7.66. The molecule has 1 heteroatoms. The van der Waals surface area contributed by atoms with Gasteiger partial charge in [0.2, 0.25) is 0 Å². The van der Waals surface area contributed by atoms with Gasteiger partial charge in [-0.1, -0.05) is 67.6 Å². The number of hydrogen-bond donors (Lipinski definition) is 0.